The highest BCUT2D eigenvalue weighted by Gasteiger charge is 2.44. The molecular weight excluding hydrogens is 683 g/mol. The molecule has 1 N–H and O–H groups in total. The van der Waals surface area contributed by atoms with Crippen molar-refractivity contribution in [3.05, 3.63) is 84.1 Å². The van der Waals surface area contributed by atoms with Crippen LogP contribution in [0.5, 0.6) is 0 Å². The van der Waals surface area contributed by atoms with Crippen molar-refractivity contribution in [2.45, 2.75) is 37.2 Å². The first-order valence-electron chi connectivity index (χ1n) is 14.3. The van der Waals surface area contributed by atoms with Crippen LogP contribution in [0.1, 0.15) is 22.3 Å². The number of phosphoric acid groups is 2. The number of carbonyl (C=O) groups excluding carboxylic acids is 2. The number of hydrogen-bond acceptors (Lipinski definition) is 15. The molecule has 5 rings (SSSR count). The van der Waals surface area contributed by atoms with Gasteiger partial charge in [0.15, 0.2) is 0 Å². The van der Waals surface area contributed by atoms with Gasteiger partial charge >= 0.3 is 12.0 Å². The van der Waals surface area contributed by atoms with E-state index in [9.17, 15) is 38.0 Å². The van der Waals surface area contributed by atoms with Crippen molar-refractivity contribution in [2.24, 2.45) is 0 Å². The lowest BCUT2D eigenvalue weighted by molar-refractivity contribution is -0.246. The van der Waals surface area contributed by atoms with Gasteiger partial charge in [-0.3, -0.25) is 23.2 Å². The summed E-state index contributed by atoms with van der Waals surface area (Å²) in [4.78, 5) is 66.1. The monoisotopic (exact) mass is 714 g/mol. The van der Waals surface area contributed by atoms with Gasteiger partial charge in [0, 0.05) is 31.9 Å². The SMILES string of the molecule is O=C(OC1C[C@H](N2C=CC(N3CCOCC3)NC2=O)O[C@@H]1COP(=O)([O-])OP(=O)([O-])OP(=O)([O-])Cc1ccccc1)c1ccccc1. The molecule has 0 saturated carbocycles. The van der Waals surface area contributed by atoms with Crippen LogP contribution in [0.15, 0.2) is 72.9 Å². The molecule has 2 aromatic rings. The standard InChI is InChI=1S/C27H34N3O14P3/c31-26(21-9-5-2-6-10-21)42-22-17-25(30-12-11-24(28-27(30)32)29-13-15-39-16-14-29)41-23(22)18-40-46(35,36)44-47(37,38)43-45(33,34)19-20-7-3-1-4-8-20/h1-12,22-25H,13-19H2,(H,28,32)(H,33,34)(H,35,36)(H,37,38)/p-3/t22?,23-,24?,25-/m1/s1. The Morgan fingerprint density at radius 3 is 2.26 bits per heavy atom. The van der Waals surface area contributed by atoms with Gasteiger partial charge in [-0.2, -0.15) is 0 Å². The van der Waals surface area contributed by atoms with Crippen LogP contribution in [0.25, 0.3) is 0 Å². The third-order valence-electron chi connectivity index (χ3n) is 7.17. The van der Waals surface area contributed by atoms with Crippen molar-refractivity contribution < 1.29 is 65.3 Å². The van der Waals surface area contributed by atoms with Crippen molar-refractivity contribution in [1.82, 2.24) is 15.1 Å². The van der Waals surface area contributed by atoms with Gasteiger partial charge in [0.05, 0.1) is 25.4 Å². The fraction of sp³-hybridized carbons (Fsp3) is 0.407. The average molecular weight is 714 g/mol. The van der Waals surface area contributed by atoms with Gasteiger partial charge in [-0.1, -0.05) is 48.5 Å². The predicted octanol–water partition coefficient (Wildman–Crippen LogP) is 1.26. The number of nitrogens with zero attached hydrogens (tertiary/aromatic N) is 2. The molecule has 2 amide bonds. The van der Waals surface area contributed by atoms with Crippen LogP contribution in [-0.4, -0.2) is 79.3 Å². The number of phosphoric ester groups is 1. The lowest BCUT2D eigenvalue weighted by atomic mass is 10.1. The molecule has 20 heteroatoms. The molecule has 2 aromatic carbocycles. The maximum absolute atomic E-state index is 13.0. The first-order valence-corrected chi connectivity index (χ1v) is 19.0. The van der Waals surface area contributed by atoms with E-state index in [4.69, 9.17) is 18.7 Å². The van der Waals surface area contributed by atoms with Gasteiger partial charge in [-0.05, 0) is 23.8 Å². The fourth-order valence-corrected chi connectivity index (χ4v) is 9.02. The summed E-state index contributed by atoms with van der Waals surface area (Å²) in [7, 11) is -17.0. The van der Waals surface area contributed by atoms with E-state index in [-0.39, 0.29) is 17.5 Å². The van der Waals surface area contributed by atoms with Crippen LogP contribution >= 0.6 is 23.2 Å². The molecule has 5 unspecified atom stereocenters. The zero-order valence-corrected chi connectivity index (χ0v) is 27.3. The summed E-state index contributed by atoms with van der Waals surface area (Å²) in [5.41, 5.74) is 0.365. The molecule has 0 aliphatic carbocycles. The van der Waals surface area contributed by atoms with Gasteiger partial charge in [-0.25, -0.2) is 13.9 Å². The van der Waals surface area contributed by atoms with Crippen LogP contribution in [0.2, 0.25) is 0 Å². The molecule has 0 spiro atoms. The van der Waals surface area contributed by atoms with Gasteiger partial charge in [-0.15, -0.1) is 0 Å². The number of urea groups is 1. The Morgan fingerprint density at radius 1 is 0.936 bits per heavy atom. The number of benzene rings is 2. The number of hydrogen-bond donors (Lipinski definition) is 1. The molecule has 0 bridgehead atoms. The van der Waals surface area contributed by atoms with Crippen LogP contribution in [0.4, 0.5) is 4.79 Å². The van der Waals surface area contributed by atoms with E-state index < -0.39 is 72.6 Å². The Labute approximate surface area is 269 Å². The minimum absolute atomic E-state index is 0.112. The first-order chi connectivity index (χ1) is 22.3. The number of carbonyl (C=O) groups is 2. The lowest BCUT2D eigenvalue weighted by Crippen LogP contribution is -2.57. The highest BCUT2D eigenvalue weighted by molar-refractivity contribution is 7.66. The maximum Gasteiger partial charge on any atom is 0.338 e. The van der Waals surface area contributed by atoms with E-state index >= 15 is 0 Å². The summed E-state index contributed by atoms with van der Waals surface area (Å²) in [6.07, 6.45) is -1.72. The smallest absolute Gasteiger partial charge is 0.338 e. The van der Waals surface area contributed by atoms with E-state index in [1.807, 2.05) is 4.90 Å². The largest absolute Gasteiger partial charge is 0.778 e. The molecule has 47 heavy (non-hydrogen) atoms. The number of amides is 2. The third kappa shape index (κ3) is 10.1. The second kappa shape index (κ2) is 15.2. The van der Waals surface area contributed by atoms with Crippen molar-refractivity contribution in [3.63, 3.8) is 0 Å². The fourth-order valence-electron chi connectivity index (χ4n) is 5.03. The first kappa shape index (κ1) is 35.6. The molecule has 7 atom stereocenters. The highest BCUT2D eigenvalue weighted by atomic mass is 31.3. The predicted molar refractivity (Wildman–Crippen MR) is 156 cm³/mol. The third-order valence-corrected chi connectivity index (χ3v) is 11.8. The quantitative estimate of drug-likeness (QED) is 0.228. The second-order valence-electron chi connectivity index (χ2n) is 10.6. The zero-order valence-electron chi connectivity index (χ0n) is 24.6. The van der Waals surface area contributed by atoms with Crippen molar-refractivity contribution in [3.8, 4) is 0 Å². The molecule has 256 valence electrons. The molecule has 2 saturated heterocycles. The summed E-state index contributed by atoms with van der Waals surface area (Å²) >= 11 is 0. The second-order valence-corrected chi connectivity index (χ2v) is 15.5. The molecule has 3 heterocycles. The van der Waals surface area contributed by atoms with E-state index in [1.165, 1.54) is 47.5 Å². The average Bonchev–Trinajstić information content (AvgIpc) is 3.42. The number of morpholine rings is 1. The van der Waals surface area contributed by atoms with E-state index in [2.05, 4.69) is 13.9 Å². The molecule has 0 aromatic heterocycles. The summed E-state index contributed by atoms with van der Waals surface area (Å²) in [5.74, 6) is -0.778. The highest BCUT2D eigenvalue weighted by Crippen LogP contribution is 2.63. The number of ether oxygens (including phenoxy) is 3. The lowest BCUT2D eigenvalue weighted by Gasteiger charge is -2.38. The van der Waals surface area contributed by atoms with Crippen LogP contribution in [-0.2, 0) is 47.2 Å². The van der Waals surface area contributed by atoms with E-state index in [0.717, 1.165) is 0 Å². The van der Waals surface area contributed by atoms with Gasteiger partial charge in [0.2, 0.25) is 0 Å². The molecular formula is C27H31N3O14P3-3. The Hall–Kier alpha value is -2.75. The normalized spacial score (nSPS) is 27.3. The topological polar surface area (TPSA) is 228 Å². The summed E-state index contributed by atoms with van der Waals surface area (Å²) in [6.45, 7) is 1.29. The Kier molecular flexibility index (Phi) is 11.5. The Balaban J connectivity index is 1.24. The summed E-state index contributed by atoms with van der Waals surface area (Å²) < 4.78 is 66.6. The number of esters is 1. The Bertz CT molecular complexity index is 1580. The van der Waals surface area contributed by atoms with E-state index in [0.29, 0.717) is 26.3 Å². The van der Waals surface area contributed by atoms with Crippen molar-refractivity contribution in [1.29, 1.82) is 0 Å². The van der Waals surface area contributed by atoms with E-state index in [1.54, 1.807) is 30.3 Å². The molecule has 0 radical (unpaired) electrons. The van der Waals surface area contributed by atoms with Gasteiger partial charge in [0.25, 0.3) is 15.6 Å². The maximum atomic E-state index is 13.0. The summed E-state index contributed by atoms with van der Waals surface area (Å²) in [6, 6.07) is 14.8. The van der Waals surface area contributed by atoms with Crippen LogP contribution in [0, 0.1) is 0 Å². The van der Waals surface area contributed by atoms with Crippen molar-refractivity contribution in [2.75, 3.05) is 32.9 Å². The zero-order chi connectivity index (χ0) is 33.7. The molecule has 2 fully saturated rings. The van der Waals surface area contributed by atoms with Gasteiger partial charge < -0.3 is 43.3 Å². The molecule has 17 nitrogen and oxygen atoms in total. The Morgan fingerprint density at radius 2 is 1.60 bits per heavy atom. The number of nitrogens with one attached hydrogen (secondary N) is 1. The van der Waals surface area contributed by atoms with Gasteiger partial charge in [0.1, 0.15) is 32.2 Å². The number of rotatable bonds is 13. The van der Waals surface area contributed by atoms with Crippen LogP contribution in [0.3, 0.4) is 0 Å². The minimum atomic E-state index is -6.01. The molecule has 3 aliphatic rings. The molecule has 3 aliphatic heterocycles. The van der Waals surface area contributed by atoms with Crippen LogP contribution < -0.4 is 20.0 Å². The van der Waals surface area contributed by atoms with Crippen molar-refractivity contribution >= 4 is 35.2 Å². The minimum Gasteiger partial charge on any atom is -0.778 e. The summed E-state index contributed by atoms with van der Waals surface area (Å²) in [5, 5.41) is 2.83.